The first-order valence-corrected chi connectivity index (χ1v) is 13.3. The molecule has 0 amide bonds. The molecular formula is C19H28F8O15S. The summed E-state index contributed by atoms with van der Waals surface area (Å²) in [5.74, 6) is -5.68. The molecule has 0 aromatic heterocycles. The molecule has 0 aliphatic carbocycles. The van der Waals surface area contributed by atoms with E-state index >= 15 is 0 Å². The average Bonchev–Trinajstić information content (AvgIpc) is 2.88. The van der Waals surface area contributed by atoms with E-state index in [2.05, 4.69) is 4.74 Å². The van der Waals surface area contributed by atoms with Crippen molar-refractivity contribution in [1.29, 1.82) is 0 Å². The Hall–Kier alpha value is -1.13. The Morgan fingerprint density at radius 1 is 0.698 bits per heavy atom. The van der Waals surface area contributed by atoms with Gasteiger partial charge in [0.2, 0.25) is 0 Å². The van der Waals surface area contributed by atoms with Crippen LogP contribution in [0.3, 0.4) is 0 Å². The molecule has 0 bridgehead atoms. The van der Waals surface area contributed by atoms with Gasteiger partial charge in [-0.3, -0.25) is 4.55 Å². The zero-order valence-corrected chi connectivity index (χ0v) is 22.0. The SMILES string of the molecule is O=S(=O)(O)C(F)(F)C(F)(F)OC(F)(F)C(F)(F)CCCO[C@@H]1OC(CO)[C@@H](O[C@@H]2OC(CO)[C@@H](O)[C@H](O)C2O)[C@H](O)C1O. The van der Waals surface area contributed by atoms with Crippen molar-refractivity contribution in [3.8, 4) is 0 Å². The van der Waals surface area contributed by atoms with Crippen LogP contribution in [-0.2, 0) is 33.8 Å². The minimum Gasteiger partial charge on any atom is -0.394 e. The maximum Gasteiger partial charge on any atom is 0.460 e. The van der Waals surface area contributed by atoms with Crippen LogP contribution in [0.5, 0.6) is 0 Å². The van der Waals surface area contributed by atoms with Crippen LogP contribution in [0.2, 0.25) is 0 Å². The van der Waals surface area contributed by atoms with E-state index < -0.39 is 128 Å². The highest BCUT2D eigenvalue weighted by Crippen LogP contribution is 2.48. The second-order valence-electron chi connectivity index (χ2n) is 9.31. The number of rotatable bonds is 14. The van der Waals surface area contributed by atoms with E-state index in [1.54, 1.807) is 0 Å². The molecule has 2 saturated heterocycles. The molecule has 10 atom stereocenters. The van der Waals surface area contributed by atoms with Crippen LogP contribution in [0, 0.1) is 0 Å². The van der Waals surface area contributed by atoms with Gasteiger partial charge in [0.25, 0.3) is 0 Å². The van der Waals surface area contributed by atoms with E-state index in [1.165, 1.54) is 0 Å². The second kappa shape index (κ2) is 13.7. The van der Waals surface area contributed by atoms with Crippen molar-refractivity contribution < 1.29 is 108 Å². The summed E-state index contributed by atoms with van der Waals surface area (Å²) in [7, 11) is -7.09. The Morgan fingerprint density at radius 2 is 1.21 bits per heavy atom. The Balaban J connectivity index is 2.00. The lowest BCUT2D eigenvalue weighted by molar-refractivity contribution is -0.456. The Morgan fingerprint density at radius 3 is 1.72 bits per heavy atom. The van der Waals surface area contributed by atoms with Crippen LogP contribution >= 0.6 is 0 Å². The first-order chi connectivity index (χ1) is 19.5. The van der Waals surface area contributed by atoms with E-state index in [1.807, 2.05) is 0 Å². The molecule has 256 valence electrons. The lowest BCUT2D eigenvalue weighted by Gasteiger charge is -2.45. The molecular weight excluding hydrogens is 652 g/mol. The summed E-state index contributed by atoms with van der Waals surface area (Å²) in [4.78, 5) is 0. The number of aliphatic hydroxyl groups excluding tert-OH is 7. The number of aliphatic hydroxyl groups is 7. The summed E-state index contributed by atoms with van der Waals surface area (Å²) in [5.41, 5.74) is 0. The Labute approximate surface area is 235 Å². The number of alkyl halides is 8. The minimum absolute atomic E-state index is 0.868. The van der Waals surface area contributed by atoms with Crippen molar-refractivity contribution in [2.45, 2.75) is 97.6 Å². The zero-order chi connectivity index (χ0) is 33.3. The molecule has 2 aliphatic heterocycles. The normalized spacial score (nSPS) is 35.3. The van der Waals surface area contributed by atoms with Gasteiger partial charge in [0.15, 0.2) is 12.6 Å². The fraction of sp³-hybridized carbons (Fsp3) is 1.00. The van der Waals surface area contributed by atoms with E-state index in [-0.39, 0.29) is 0 Å². The van der Waals surface area contributed by atoms with E-state index in [0.29, 0.717) is 0 Å². The third kappa shape index (κ3) is 8.00. The van der Waals surface area contributed by atoms with Gasteiger partial charge >= 0.3 is 33.5 Å². The zero-order valence-electron chi connectivity index (χ0n) is 21.2. The van der Waals surface area contributed by atoms with Crippen LogP contribution in [0.1, 0.15) is 12.8 Å². The van der Waals surface area contributed by atoms with Crippen LogP contribution < -0.4 is 0 Å². The summed E-state index contributed by atoms with van der Waals surface area (Å²) >= 11 is 0. The lowest BCUT2D eigenvalue weighted by Crippen LogP contribution is -2.64. The molecule has 0 aromatic rings. The maximum atomic E-state index is 13.9. The highest BCUT2D eigenvalue weighted by Gasteiger charge is 2.73. The maximum absolute atomic E-state index is 13.9. The minimum atomic E-state index is -7.09. The first-order valence-electron chi connectivity index (χ1n) is 11.8. The van der Waals surface area contributed by atoms with E-state index in [9.17, 15) is 79.3 Å². The molecule has 2 heterocycles. The molecule has 0 saturated carbocycles. The van der Waals surface area contributed by atoms with Gasteiger partial charge < -0.3 is 54.7 Å². The topological polar surface area (TPSA) is 242 Å². The van der Waals surface area contributed by atoms with Gasteiger partial charge in [-0.05, 0) is 6.42 Å². The number of ether oxygens (including phenoxy) is 5. The average molecular weight is 680 g/mol. The highest BCUT2D eigenvalue weighted by molar-refractivity contribution is 7.86. The van der Waals surface area contributed by atoms with Crippen molar-refractivity contribution in [2.75, 3.05) is 19.8 Å². The fourth-order valence-corrected chi connectivity index (χ4v) is 4.12. The summed E-state index contributed by atoms with van der Waals surface area (Å²) in [6.45, 7) is -2.99. The quantitative estimate of drug-likeness (QED) is 0.0548. The molecule has 2 rings (SSSR count). The molecule has 2 aliphatic rings. The largest absolute Gasteiger partial charge is 0.460 e. The van der Waals surface area contributed by atoms with Crippen LogP contribution in [0.4, 0.5) is 35.1 Å². The predicted octanol–water partition coefficient (Wildman–Crippen LogP) is -2.27. The van der Waals surface area contributed by atoms with Gasteiger partial charge in [-0.1, -0.05) is 0 Å². The van der Waals surface area contributed by atoms with Gasteiger partial charge in [0.05, 0.1) is 19.8 Å². The van der Waals surface area contributed by atoms with Gasteiger partial charge in [-0.25, -0.2) is 4.74 Å². The molecule has 24 heteroatoms. The van der Waals surface area contributed by atoms with Crippen molar-refractivity contribution in [2.24, 2.45) is 0 Å². The van der Waals surface area contributed by atoms with E-state index in [4.69, 9.17) is 23.5 Å². The summed E-state index contributed by atoms with van der Waals surface area (Å²) in [6, 6.07) is 0. The van der Waals surface area contributed by atoms with Gasteiger partial charge in [0, 0.05) is 6.42 Å². The Bertz CT molecular complexity index is 1020. The smallest absolute Gasteiger partial charge is 0.394 e. The molecule has 4 unspecified atom stereocenters. The van der Waals surface area contributed by atoms with Crippen molar-refractivity contribution >= 4 is 10.1 Å². The third-order valence-electron chi connectivity index (χ3n) is 6.22. The second-order valence-corrected chi connectivity index (χ2v) is 10.8. The van der Waals surface area contributed by atoms with Crippen LogP contribution in [0.15, 0.2) is 0 Å². The first kappa shape index (κ1) is 38.1. The van der Waals surface area contributed by atoms with E-state index in [0.717, 1.165) is 0 Å². The fourth-order valence-electron chi connectivity index (χ4n) is 3.78. The summed E-state index contributed by atoms with van der Waals surface area (Å²) < 4.78 is 159. The van der Waals surface area contributed by atoms with Crippen LogP contribution in [0.25, 0.3) is 0 Å². The molecule has 15 nitrogen and oxygen atoms in total. The highest BCUT2D eigenvalue weighted by atomic mass is 32.2. The summed E-state index contributed by atoms with van der Waals surface area (Å²) in [6.07, 6.45) is -35.4. The number of halogens is 8. The molecule has 0 radical (unpaired) electrons. The third-order valence-corrected chi connectivity index (χ3v) is 7.11. The lowest BCUT2D eigenvalue weighted by atomic mass is 9.97. The van der Waals surface area contributed by atoms with Crippen LogP contribution in [-0.4, -0.2) is 153 Å². The molecule has 0 spiro atoms. The Kier molecular flexibility index (Phi) is 12.1. The van der Waals surface area contributed by atoms with Crippen molar-refractivity contribution in [3.05, 3.63) is 0 Å². The van der Waals surface area contributed by atoms with Crippen molar-refractivity contribution in [3.63, 3.8) is 0 Å². The predicted molar refractivity (Wildman–Crippen MR) is 114 cm³/mol. The molecule has 0 aromatic carbocycles. The molecule has 8 N–H and O–H groups in total. The monoisotopic (exact) mass is 680 g/mol. The van der Waals surface area contributed by atoms with Gasteiger partial charge in [-0.2, -0.15) is 43.5 Å². The molecule has 43 heavy (non-hydrogen) atoms. The van der Waals surface area contributed by atoms with Crippen molar-refractivity contribution in [1.82, 2.24) is 0 Å². The number of hydrogen-bond acceptors (Lipinski definition) is 14. The molecule has 2 fully saturated rings. The van der Waals surface area contributed by atoms with Gasteiger partial charge in [-0.15, -0.1) is 0 Å². The van der Waals surface area contributed by atoms with Gasteiger partial charge in [0.1, 0.15) is 48.8 Å². The summed E-state index contributed by atoms with van der Waals surface area (Å²) in [5, 5.41) is 62.5. The number of hydrogen-bond donors (Lipinski definition) is 8. The standard InChI is InChI=1S/C19H28F8O15S/c20-16(21,17(22,23)42-18(24,25)19(26,27)43(35,36)37)2-1-3-38-14-12(34)10(32)13(7(5-29)40-14)41-15-11(33)9(31)8(30)6(4-28)39-15/h6-15,28-34H,1-5H2,(H,35,36,37)/t6?,7?,8-,9+,10-,11?,12?,13-,14-,15+/m1/s1.